The fourth-order valence-electron chi connectivity index (χ4n) is 15.5. The predicted octanol–water partition coefficient (Wildman–Crippen LogP) is 22.5. The summed E-state index contributed by atoms with van der Waals surface area (Å²) in [5.74, 6) is 3.18. The molecule has 510 valence electrons. The van der Waals surface area contributed by atoms with Crippen LogP contribution in [0, 0.1) is 0 Å². The Bertz CT molecular complexity index is 4840. The molecule has 8 heteroatoms. The molecule has 0 amide bonds. The number of para-hydroxylation sites is 3. The fraction of sp³-hybridized carbons (Fsp3) is 0.348. The first-order valence-corrected chi connectivity index (χ1v) is 37.3. The number of benzene rings is 10. The van der Waals surface area contributed by atoms with E-state index in [-0.39, 0.29) is 56.7 Å². The van der Waals surface area contributed by atoms with Crippen molar-refractivity contribution in [3.63, 3.8) is 0 Å². The van der Waals surface area contributed by atoms with Gasteiger partial charge in [0.1, 0.15) is 23.0 Å². The molecule has 0 atom stereocenters. The maximum Gasteiger partial charge on any atom is 0.252 e. The van der Waals surface area contributed by atoms with Crippen molar-refractivity contribution in [1.82, 2.24) is 0 Å². The molecule has 0 aromatic heterocycles. The van der Waals surface area contributed by atoms with Crippen molar-refractivity contribution < 1.29 is 9.47 Å². The SMILES string of the molecule is CC(C)(C)c1cc(N2c3cc(Oc4ccccc4)cc4c3B(c3cc5c(cc3S4)N(c3ccccc3)c3cc(Oc4ccccc4)cc4c3B5c3c(cc(C(C)(C)C)cc3C(C)(C)C)N4c3cc(C(C)(C)C)cc(C(C)(C)C)c3)c3c2cc(C(C)(C)C)cc3C(C)(C)C)cc(C(C)(C)C)c1. The number of ether oxygens (including phenoxy) is 2. The third-order valence-corrected chi connectivity index (χ3v) is 22.4. The molecule has 0 saturated carbocycles. The minimum Gasteiger partial charge on any atom is -0.457 e. The zero-order chi connectivity index (χ0) is 71.7. The molecule has 4 aliphatic rings. The van der Waals surface area contributed by atoms with Gasteiger partial charge >= 0.3 is 0 Å². The van der Waals surface area contributed by atoms with Crippen LogP contribution in [-0.4, -0.2) is 13.4 Å². The van der Waals surface area contributed by atoms with E-state index >= 15 is 0 Å². The predicted molar refractivity (Wildman–Crippen MR) is 433 cm³/mol. The number of hydrogen-bond donors (Lipinski definition) is 0. The Hall–Kier alpha value is -8.32. The highest BCUT2D eigenvalue weighted by molar-refractivity contribution is 8.00. The third-order valence-electron chi connectivity index (χ3n) is 21.3. The van der Waals surface area contributed by atoms with E-state index in [9.17, 15) is 0 Å². The van der Waals surface area contributed by atoms with Crippen molar-refractivity contribution >= 4 is 109 Å². The maximum absolute atomic E-state index is 7.25. The van der Waals surface area contributed by atoms with E-state index in [4.69, 9.17) is 9.47 Å². The number of rotatable bonds is 7. The van der Waals surface area contributed by atoms with Crippen LogP contribution in [-0.2, 0) is 43.3 Å². The number of anilines is 9. The molecular formula is C92H103B2N3O2S. The van der Waals surface area contributed by atoms with Crippen LogP contribution in [0.1, 0.15) is 211 Å². The molecule has 0 spiro atoms. The van der Waals surface area contributed by atoms with Gasteiger partial charge in [-0.1, -0.05) is 268 Å². The van der Waals surface area contributed by atoms with Crippen molar-refractivity contribution in [3.05, 3.63) is 233 Å². The highest BCUT2D eigenvalue weighted by Crippen LogP contribution is 2.53. The molecule has 0 saturated heterocycles. The van der Waals surface area contributed by atoms with Gasteiger partial charge in [-0.2, -0.15) is 0 Å². The molecule has 0 fully saturated rings. The van der Waals surface area contributed by atoms with E-state index in [1.54, 1.807) is 0 Å². The standard InChI is InChI=1S/C92H103B2N3O2S/c1-85(2,3)56-40-57(86(4,5)6)43-63(42-56)96-74-48-60(89(13,14)15)46-69(91(19,20)21)81(74)93-71-54-72-79(55-73(71)95(62-34-28-25-29-35-62)76-50-67(51-77(96)83(76)93)98-65-36-30-26-31-37-65)100-80-53-68(99-66-38-32-27-33-39-66)52-78-84(80)94(72)82-70(92(22,23)24)47-61(90(16,17)18)49-75(82)97(78)64-44-58(87(7,8)9)41-59(45-64)88(10,11)12/h25-55H,1-24H3. The summed E-state index contributed by atoms with van der Waals surface area (Å²) < 4.78 is 14.4. The summed E-state index contributed by atoms with van der Waals surface area (Å²) in [6, 6.07) is 71.8. The minimum absolute atomic E-state index is 0.128. The van der Waals surface area contributed by atoms with Crippen LogP contribution in [0.15, 0.2) is 198 Å². The second-order valence-electron chi connectivity index (χ2n) is 37.3. The Morgan fingerprint density at radius 1 is 0.250 bits per heavy atom. The van der Waals surface area contributed by atoms with Crippen molar-refractivity contribution in [1.29, 1.82) is 0 Å². The normalized spacial score (nSPS) is 14.5. The zero-order valence-corrected chi connectivity index (χ0v) is 64.9. The monoisotopic (exact) mass is 1340 g/mol. The van der Waals surface area contributed by atoms with Gasteiger partial charge in [0, 0.05) is 79.2 Å². The average Bonchev–Trinajstić information content (AvgIpc) is 0.682. The van der Waals surface area contributed by atoms with Crippen LogP contribution in [0.4, 0.5) is 51.2 Å². The molecule has 0 bridgehead atoms. The van der Waals surface area contributed by atoms with Gasteiger partial charge < -0.3 is 24.2 Å². The lowest BCUT2D eigenvalue weighted by Gasteiger charge is -2.47. The number of nitrogens with zero attached hydrogens (tertiary/aromatic N) is 3. The Morgan fingerprint density at radius 2 is 0.580 bits per heavy atom. The van der Waals surface area contributed by atoms with Gasteiger partial charge in [-0.3, -0.25) is 0 Å². The Kier molecular flexibility index (Phi) is 16.3. The van der Waals surface area contributed by atoms with Crippen molar-refractivity contribution in [3.8, 4) is 23.0 Å². The molecule has 100 heavy (non-hydrogen) atoms. The topological polar surface area (TPSA) is 28.2 Å². The van der Waals surface area contributed by atoms with E-state index in [0.717, 1.165) is 62.8 Å². The molecule has 4 heterocycles. The molecule has 10 aromatic carbocycles. The summed E-state index contributed by atoms with van der Waals surface area (Å²) in [7, 11) is 0. The summed E-state index contributed by atoms with van der Waals surface area (Å²) in [6.45, 7) is 56.9. The van der Waals surface area contributed by atoms with Crippen LogP contribution in [0.2, 0.25) is 0 Å². The highest BCUT2D eigenvalue weighted by atomic mass is 32.2. The summed E-state index contributed by atoms with van der Waals surface area (Å²) in [6.07, 6.45) is 0. The fourth-order valence-corrected chi connectivity index (χ4v) is 16.7. The van der Waals surface area contributed by atoms with Gasteiger partial charge in [-0.05, 0) is 200 Å². The van der Waals surface area contributed by atoms with Gasteiger partial charge in [0.15, 0.2) is 0 Å². The number of hydrogen-bond acceptors (Lipinski definition) is 6. The largest absolute Gasteiger partial charge is 0.457 e. The van der Waals surface area contributed by atoms with Gasteiger partial charge in [0.25, 0.3) is 6.71 Å². The Labute approximate surface area is 604 Å². The minimum atomic E-state index is -0.279. The lowest BCUT2D eigenvalue weighted by Crippen LogP contribution is -2.66. The van der Waals surface area contributed by atoms with E-state index in [1.807, 2.05) is 11.8 Å². The molecule has 0 unspecified atom stereocenters. The first-order chi connectivity index (χ1) is 46.6. The van der Waals surface area contributed by atoms with Crippen LogP contribution in [0.25, 0.3) is 0 Å². The van der Waals surface area contributed by atoms with Crippen molar-refractivity contribution in [2.45, 2.75) is 219 Å². The van der Waals surface area contributed by atoms with E-state index < -0.39 is 0 Å². The molecule has 5 nitrogen and oxygen atoms in total. The molecule has 0 aliphatic carbocycles. The van der Waals surface area contributed by atoms with Gasteiger partial charge in [0.2, 0.25) is 6.71 Å². The lowest BCUT2D eigenvalue weighted by atomic mass is 9.29. The van der Waals surface area contributed by atoms with Gasteiger partial charge in [0.05, 0.1) is 0 Å². The highest BCUT2D eigenvalue weighted by Gasteiger charge is 2.51. The summed E-state index contributed by atoms with van der Waals surface area (Å²) in [4.78, 5) is 10.3. The molecule has 10 aromatic rings. The molecule has 14 rings (SSSR count). The average molecular weight is 1340 g/mol. The smallest absolute Gasteiger partial charge is 0.252 e. The third kappa shape index (κ3) is 12.3. The van der Waals surface area contributed by atoms with Crippen LogP contribution in [0.3, 0.4) is 0 Å². The van der Waals surface area contributed by atoms with Crippen molar-refractivity contribution in [2.75, 3.05) is 14.7 Å². The molecule has 4 aliphatic heterocycles. The second kappa shape index (κ2) is 23.6. The lowest BCUT2D eigenvalue weighted by molar-refractivity contribution is 0.481. The maximum atomic E-state index is 7.25. The van der Waals surface area contributed by atoms with E-state index in [2.05, 4.69) is 369 Å². The van der Waals surface area contributed by atoms with E-state index in [1.165, 1.54) is 98.5 Å². The zero-order valence-electron chi connectivity index (χ0n) is 64.1. The quantitative estimate of drug-likeness (QED) is 0.148. The molecular weight excluding hydrogens is 1230 g/mol. The summed E-state index contributed by atoms with van der Waals surface area (Å²) in [5, 5.41) is 0. The van der Waals surface area contributed by atoms with E-state index in [0.29, 0.717) is 0 Å². The second-order valence-corrected chi connectivity index (χ2v) is 38.4. The molecule has 0 radical (unpaired) electrons. The van der Waals surface area contributed by atoms with Crippen molar-refractivity contribution in [2.24, 2.45) is 0 Å². The number of fused-ring (bicyclic) bond motifs is 8. The van der Waals surface area contributed by atoms with Gasteiger partial charge in [-0.25, -0.2) is 0 Å². The van der Waals surface area contributed by atoms with Crippen LogP contribution < -0.4 is 57.0 Å². The Morgan fingerprint density at radius 3 is 0.960 bits per heavy atom. The molecule has 0 N–H and O–H groups in total. The summed E-state index contributed by atoms with van der Waals surface area (Å²) >= 11 is 1.90. The van der Waals surface area contributed by atoms with Crippen LogP contribution in [0.5, 0.6) is 23.0 Å². The van der Waals surface area contributed by atoms with Gasteiger partial charge in [-0.15, -0.1) is 0 Å². The van der Waals surface area contributed by atoms with Crippen LogP contribution >= 0.6 is 11.8 Å². The first-order valence-electron chi connectivity index (χ1n) is 36.4. The Balaban J connectivity index is 1.15. The first kappa shape index (κ1) is 68.8. The summed E-state index contributed by atoms with van der Waals surface area (Å²) in [5.41, 5.74) is 27.4.